The summed E-state index contributed by atoms with van der Waals surface area (Å²) < 4.78 is 62.8. The molecule has 0 amide bonds. The van der Waals surface area contributed by atoms with Crippen molar-refractivity contribution in [3.63, 3.8) is 0 Å². The summed E-state index contributed by atoms with van der Waals surface area (Å²) in [5.74, 6) is 0. The van der Waals surface area contributed by atoms with Crippen LogP contribution in [0.4, 0.5) is 18.9 Å². The number of hydrogen-bond acceptors (Lipinski definition) is 3. The fourth-order valence-electron chi connectivity index (χ4n) is 2.30. The second-order valence-electron chi connectivity index (χ2n) is 4.93. The number of rotatable bonds is 5. The van der Waals surface area contributed by atoms with Crippen LogP contribution in [0.2, 0.25) is 0 Å². The van der Waals surface area contributed by atoms with Gasteiger partial charge in [0.1, 0.15) is 0 Å². The number of nitrogens with one attached hydrogen (secondary N) is 2. The summed E-state index contributed by atoms with van der Waals surface area (Å²) in [7, 11) is -3.78. The molecule has 118 valence electrons. The maximum Gasteiger partial charge on any atom is 0.389 e. The molecule has 0 radical (unpaired) electrons. The normalized spacial score (nSPS) is 15.4. The van der Waals surface area contributed by atoms with Crippen molar-refractivity contribution in [3.8, 4) is 0 Å². The second-order valence-corrected chi connectivity index (χ2v) is 6.66. The topological polar surface area (TPSA) is 58.2 Å². The molecule has 21 heavy (non-hydrogen) atoms. The third kappa shape index (κ3) is 4.34. The highest BCUT2D eigenvalue weighted by molar-refractivity contribution is 7.89. The molecule has 0 spiro atoms. The Morgan fingerprint density at radius 1 is 1.29 bits per heavy atom. The molecule has 4 nitrogen and oxygen atoms in total. The van der Waals surface area contributed by atoms with Gasteiger partial charge in [0, 0.05) is 25.2 Å². The first-order valence-electron chi connectivity index (χ1n) is 6.72. The SMILES string of the molecule is O=S(=O)(NCCCC(F)(F)F)c1cccc2c1CCCN2. The monoisotopic (exact) mass is 322 g/mol. The van der Waals surface area contributed by atoms with Crippen LogP contribution in [-0.2, 0) is 16.4 Å². The first kappa shape index (κ1) is 16.1. The van der Waals surface area contributed by atoms with Crippen LogP contribution in [0, 0.1) is 0 Å². The van der Waals surface area contributed by atoms with E-state index in [0.29, 0.717) is 12.0 Å². The van der Waals surface area contributed by atoms with E-state index in [-0.39, 0.29) is 17.9 Å². The van der Waals surface area contributed by atoms with Crippen molar-refractivity contribution in [2.45, 2.75) is 36.8 Å². The lowest BCUT2D eigenvalue weighted by atomic mass is 10.0. The van der Waals surface area contributed by atoms with Crippen LogP contribution in [-0.4, -0.2) is 27.7 Å². The van der Waals surface area contributed by atoms with Gasteiger partial charge in [0.2, 0.25) is 10.0 Å². The quantitative estimate of drug-likeness (QED) is 0.820. The van der Waals surface area contributed by atoms with E-state index < -0.39 is 22.6 Å². The number of fused-ring (bicyclic) bond motifs is 1. The van der Waals surface area contributed by atoms with Crippen molar-refractivity contribution in [1.82, 2.24) is 4.72 Å². The molecule has 0 fully saturated rings. The van der Waals surface area contributed by atoms with Crippen LogP contribution in [0.25, 0.3) is 0 Å². The first-order chi connectivity index (χ1) is 9.80. The zero-order chi connectivity index (χ0) is 15.5. The fourth-order valence-corrected chi connectivity index (χ4v) is 3.66. The summed E-state index contributed by atoms with van der Waals surface area (Å²) >= 11 is 0. The summed E-state index contributed by atoms with van der Waals surface area (Å²) in [5.41, 5.74) is 1.48. The average molecular weight is 322 g/mol. The van der Waals surface area contributed by atoms with Crippen molar-refractivity contribution in [2.24, 2.45) is 0 Å². The smallest absolute Gasteiger partial charge is 0.385 e. The van der Waals surface area contributed by atoms with Crippen molar-refractivity contribution in [3.05, 3.63) is 23.8 Å². The van der Waals surface area contributed by atoms with E-state index in [1.807, 2.05) is 0 Å². The minimum absolute atomic E-state index is 0.152. The molecule has 2 rings (SSSR count). The van der Waals surface area contributed by atoms with Gasteiger partial charge in [-0.05, 0) is 37.0 Å². The number of anilines is 1. The third-order valence-corrected chi connectivity index (χ3v) is 4.82. The zero-order valence-corrected chi connectivity index (χ0v) is 12.1. The highest BCUT2D eigenvalue weighted by Crippen LogP contribution is 2.28. The molecule has 0 aromatic heterocycles. The van der Waals surface area contributed by atoms with Gasteiger partial charge < -0.3 is 5.32 Å². The summed E-state index contributed by atoms with van der Waals surface area (Å²) in [5, 5.41) is 3.12. The molecule has 1 aromatic rings. The van der Waals surface area contributed by atoms with E-state index in [0.717, 1.165) is 18.7 Å². The van der Waals surface area contributed by atoms with Crippen molar-refractivity contribution in [2.75, 3.05) is 18.4 Å². The molecule has 1 aromatic carbocycles. The molecule has 0 aliphatic carbocycles. The standard InChI is InChI=1S/C13H17F3N2O2S/c14-13(15,16)7-3-9-18-21(19,20)12-6-1-5-11-10(12)4-2-8-17-11/h1,5-6,17-18H,2-4,7-9H2. The Balaban J connectivity index is 2.06. The van der Waals surface area contributed by atoms with Gasteiger partial charge in [-0.2, -0.15) is 13.2 Å². The maximum absolute atomic E-state index is 12.2. The Morgan fingerprint density at radius 2 is 2.05 bits per heavy atom. The van der Waals surface area contributed by atoms with Gasteiger partial charge in [0.05, 0.1) is 4.90 Å². The van der Waals surface area contributed by atoms with Gasteiger partial charge in [0.25, 0.3) is 0 Å². The van der Waals surface area contributed by atoms with E-state index in [1.54, 1.807) is 12.1 Å². The first-order valence-corrected chi connectivity index (χ1v) is 8.20. The highest BCUT2D eigenvalue weighted by Gasteiger charge is 2.27. The molecular formula is C13H17F3N2O2S. The molecule has 8 heteroatoms. The summed E-state index contributed by atoms with van der Waals surface area (Å²) in [6.45, 7) is 0.564. The van der Waals surface area contributed by atoms with E-state index in [9.17, 15) is 21.6 Å². The van der Waals surface area contributed by atoms with Crippen molar-refractivity contribution < 1.29 is 21.6 Å². The fraction of sp³-hybridized carbons (Fsp3) is 0.538. The molecule has 1 aliphatic rings. The predicted octanol–water partition coefficient (Wildman–Crippen LogP) is 2.67. The van der Waals surface area contributed by atoms with Crippen LogP contribution >= 0.6 is 0 Å². The van der Waals surface area contributed by atoms with Crippen LogP contribution in [0.5, 0.6) is 0 Å². The van der Waals surface area contributed by atoms with Gasteiger partial charge in [-0.1, -0.05) is 6.07 Å². The third-order valence-electron chi connectivity index (χ3n) is 3.27. The second kappa shape index (κ2) is 6.23. The summed E-state index contributed by atoms with van der Waals surface area (Å²) in [6.07, 6.45) is -4.06. The molecular weight excluding hydrogens is 305 g/mol. The Labute approximate surface area is 121 Å². The molecule has 1 heterocycles. The summed E-state index contributed by atoms with van der Waals surface area (Å²) in [6, 6.07) is 4.91. The number of sulfonamides is 1. The lowest BCUT2D eigenvalue weighted by Crippen LogP contribution is -2.27. The number of alkyl halides is 3. The van der Waals surface area contributed by atoms with Crippen LogP contribution < -0.4 is 10.0 Å². The molecule has 0 unspecified atom stereocenters. The lowest BCUT2D eigenvalue weighted by Gasteiger charge is -2.21. The lowest BCUT2D eigenvalue weighted by molar-refractivity contribution is -0.135. The van der Waals surface area contributed by atoms with Crippen LogP contribution in [0.1, 0.15) is 24.8 Å². The van der Waals surface area contributed by atoms with Gasteiger partial charge >= 0.3 is 6.18 Å². The molecule has 0 saturated carbocycles. The number of hydrogen-bond donors (Lipinski definition) is 2. The number of benzene rings is 1. The minimum Gasteiger partial charge on any atom is -0.385 e. The Morgan fingerprint density at radius 3 is 2.76 bits per heavy atom. The molecule has 0 saturated heterocycles. The molecule has 1 aliphatic heterocycles. The Hall–Kier alpha value is -1.28. The maximum atomic E-state index is 12.2. The predicted molar refractivity (Wildman–Crippen MR) is 73.7 cm³/mol. The van der Waals surface area contributed by atoms with E-state index >= 15 is 0 Å². The van der Waals surface area contributed by atoms with E-state index in [2.05, 4.69) is 10.0 Å². The Kier molecular flexibility index (Phi) is 4.77. The van der Waals surface area contributed by atoms with Crippen molar-refractivity contribution in [1.29, 1.82) is 0 Å². The molecule has 0 bridgehead atoms. The average Bonchev–Trinajstić information content (AvgIpc) is 2.42. The van der Waals surface area contributed by atoms with Crippen LogP contribution in [0.3, 0.4) is 0 Å². The molecule has 0 atom stereocenters. The van der Waals surface area contributed by atoms with Gasteiger partial charge in [-0.15, -0.1) is 0 Å². The van der Waals surface area contributed by atoms with Gasteiger partial charge in [-0.3, -0.25) is 0 Å². The number of halogens is 3. The largest absolute Gasteiger partial charge is 0.389 e. The molecule has 2 N–H and O–H groups in total. The van der Waals surface area contributed by atoms with Gasteiger partial charge in [0.15, 0.2) is 0 Å². The van der Waals surface area contributed by atoms with E-state index in [1.165, 1.54) is 6.07 Å². The highest BCUT2D eigenvalue weighted by atomic mass is 32.2. The van der Waals surface area contributed by atoms with Crippen LogP contribution in [0.15, 0.2) is 23.1 Å². The van der Waals surface area contributed by atoms with E-state index in [4.69, 9.17) is 0 Å². The minimum atomic E-state index is -4.26. The van der Waals surface area contributed by atoms with Crippen molar-refractivity contribution >= 4 is 15.7 Å². The van der Waals surface area contributed by atoms with Gasteiger partial charge in [-0.25, -0.2) is 13.1 Å². The summed E-state index contributed by atoms with van der Waals surface area (Å²) in [4.78, 5) is 0.152. The zero-order valence-electron chi connectivity index (χ0n) is 11.3. The Bertz CT molecular complexity index is 600.